The molecular formula is C11H14BrNO5. The molecule has 0 unspecified atom stereocenters. The molecule has 0 bridgehead atoms. The summed E-state index contributed by atoms with van der Waals surface area (Å²) in [4.78, 5) is 23.1. The van der Waals surface area contributed by atoms with Crippen molar-refractivity contribution in [3.05, 3.63) is 17.0 Å². The van der Waals surface area contributed by atoms with Crippen LogP contribution in [0.5, 0.6) is 0 Å². The molecule has 0 aliphatic rings. The Morgan fingerprint density at radius 1 is 1.33 bits per heavy atom. The number of hydrogen-bond donors (Lipinski definition) is 0. The summed E-state index contributed by atoms with van der Waals surface area (Å²) < 4.78 is 14.2. The number of methoxy groups -OCH3 is 2. The van der Waals surface area contributed by atoms with E-state index in [1.54, 1.807) is 6.92 Å². The van der Waals surface area contributed by atoms with Gasteiger partial charge < -0.3 is 14.0 Å². The third kappa shape index (κ3) is 3.10. The number of aromatic nitrogens is 1. The molecule has 6 nitrogen and oxygen atoms in total. The maximum Gasteiger partial charge on any atom is 0.320 e. The number of halogens is 1. The van der Waals surface area contributed by atoms with E-state index in [0.29, 0.717) is 22.3 Å². The molecule has 7 heteroatoms. The van der Waals surface area contributed by atoms with Crippen molar-refractivity contribution in [3.63, 3.8) is 0 Å². The molecule has 0 N–H and O–H groups in total. The number of carbonyl (C=O) groups excluding carboxylic acids is 2. The highest BCUT2D eigenvalue weighted by Gasteiger charge is 2.31. The number of ether oxygens (including phenoxy) is 2. The molecular weight excluding hydrogens is 306 g/mol. The second kappa shape index (κ2) is 6.53. The number of carbonyl (C=O) groups is 2. The van der Waals surface area contributed by atoms with E-state index in [1.807, 2.05) is 0 Å². The van der Waals surface area contributed by atoms with Gasteiger partial charge in [0.2, 0.25) is 0 Å². The average molecular weight is 320 g/mol. The normalized spacial score (nSPS) is 10.5. The Kier molecular flexibility index (Phi) is 5.33. The lowest BCUT2D eigenvalue weighted by Gasteiger charge is -2.12. The van der Waals surface area contributed by atoms with Crippen molar-refractivity contribution < 1.29 is 23.6 Å². The van der Waals surface area contributed by atoms with E-state index in [4.69, 9.17) is 4.52 Å². The molecule has 18 heavy (non-hydrogen) atoms. The molecule has 0 atom stereocenters. The summed E-state index contributed by atoms with van der Waals surface area (Å²) in [5.41, 5.74) is 1.37. The topological polar surface area (TPSA) is 78.6 Å². The van der Waals surface area contributed by atoms with Crippen molar-refractivity contribution in [1.82, 2.24) is 5.16 Å². The first-order chi connectivity index (χ1) is 8.54. The molecule has 0 saturated heterocycles. The molecule has 0 amide bonds. The van der Waals surface area contributed by atoms with Gasteiger partial charge in [-0.1, -0.05) is 21.1 Å². The lowest BCUT2D eigenvalue weighted by molar-refractivity contribution is -0.158. The van der Waals surface area contributed by atoms with Gasteiger partial charge in [-0.2, -0.15) is 0 Å². The van der Waals surface area contributed by atoms with Gasteiger partial charge in [-0.3, -0.25) is 9.59 Å². The highest BCUT2D eigenvalue weighted by atomic mass is 79.9. The summed E-state index contributed by atoms with van der Waals surface area (Å²) in [6.07, 6.45) is 0.148. The van der Waals surface area contributed by atoms with Crippen molar-refractivity contribution in [2.24, 2.45) is 5.92 Å². The predicted octanol–water partition coefficient (Wildman–Crippen LogP) is 1.38. The van der Waals surface area contributed by atoms with Crippen LogP contribution >= 0.6 is 15.9 Å². The molecule has 1 aromatic heterocycles. The molecule has 1 heterocycles. The Hall–Kier alpha value is -1.37. The summed E-state index contributed by atoms with van der Waals surface area (Å²) >= 11 is 3.26. The number of aryl methyl sites for hydroxylation is 1. The number of hydrogen-bond acceptors (Lipinski definition) is 6. The highest BCUT2D eigenvalue weighted by molar-refractivity contribution is 9.08. The first-order valence-corrected chi connectivity index (χ1v) is 6.32. The van der Waals surface area contributed by atoms with Gasteiger partial charge in [0, 0.05) is 17.3 Å². The Morgan fingerprint density at radius 2 is 1.89 bits per heavy atom. The SMILES string of the molecule is COC(=O)C(Cc1c(CBr)noc1C)C(=O)OC. The van der Waals surface area contributed by atoms with Crippen LogP contribution < -0.4 is 0 Å². The lowest BCUT2D eigenvalue weighted by Crippen LogP contribution is -2.28. The molecule has 0 saturated carbocycles. The van der Waals surface area contributed by atoms with Gasteiger partial charge in [0.15, 0.2) is 5.92 Å². The summed E-state index contributed by atoms with van der Waals surface area (Å²) in [7, 11) is 2.45. The standard InChI is InChI=1S/C11H14BrNO5/c1-6-7(9(5-12)13-18-6)4-8(10(14)16-2)11(15)17-3/h8H,4-5H2,1-3H3. The maximum atomic E-state index is 11.6. The minimum Gasteiger partial charge on any atom is -0.468 e. The van der Waals surface area contributed by atoms with Crippen LogP contribution in [-0.4, -0.2) is 31.3 Å². The Balaban J connectivity index is 2.99. The maximum absolute atomic E-state index is 11.6. The van der Waals surface area contributed by atoms with Gasteiger partial charge in [-0.15, -0.1) is 0 Å². The van der Waals surface area contributed by atoms with E-state index in [-0.39, 0.29) is 6.42 Å². The van der Waals surface area contributed by atoms with Crippen LogP contribution in [0.4, 0.5) is 0 Å². The van der Waals surface area contributed by atoms with E-state index in [1.165, 1.54) is 14.2 Å². The zero-order valence-electron chi connectivity index (χ0n) is 10.4. The van der Waals surface area contributed by atoms with Crippen molar-refractivity contribution in [1.29, 1.82) is 0 Å². The van der Waals surface area contributed by atoms with Crippen LogP contribution in [0.1, 0.15) is 17.0 Å². The molecule has 0 radical (unpaired) electrons. The number of alkyl halides is 1. The molecule has 1 aromatic rings. The smallest absolute Gasteiger partial charge is 0.320 e. The summed E-state index contributed by atoms with van der Waals surface area (Å²) in [5.74, 6) is -1.70. The minimum absolute atomic E-state index is 0.148. The third-order valence-electron chi connectivity index (χ3n) is 2.57. The number of esters is 2. The van der Waals surface area contributed by atoms with Crippen LogP contribution in [0.3, 0.4) is 0 Å². The van der Waals surface area contributed by atoms with Gasteiger partial charge in [0.25, 0.3) is 0 Å². The summed E-state index contributed by atoms with van der Waals surface area (Å²) in [5, 5.41) is 4.31. The molecule has 1 rings (SSSR count). The average Bonchev–Trinajstić information content (AvgIpc) is 2.74. The fraction of sp³-hybridized carbons (Fsp3) is 0.545. The van der Waals surface area contributed by atoms with Crippen LogP contribution in [0, 0.1) is 12.8 Å². The first-order valence-electron chi connectivity index (χ1n) is 5.20. The fourth-order valence-electron chi connectivity index (χ4n) is 1.56. The van der Waals surface area contributed by atoms with Gasteiger partial charge in [0.05, 0.1) is 19.9 Å². The largest absolute Gasteiger partial charge is 0.468 e. The zero-order chi connectivity index (χ0) is 13.7. The van der Waals surface area contributed by atoms with Gasteiger partial charge in [0.1, 0.15) is 5.76 Å². The minimum atomic E-state index is -1.00. The van der Waals surface area contributed by atoms with E-state index < -0.39 is 17.9 Å². The predicted molar refractivity (Wildman–Crippen MR) is 65.1 cm³/mol. The van der Waals surface area contributed by atoms with Crippen molar-refractivity contribution in [3.8, 4) is 0 Å². The Bertz CT molecular complexity index is 427. The quantitative estimate of drug-likeness (QED) is 0.463. The van der Waals surface area contributed by atoms with E-state index >= 15 is 0 Å². The molecule has 0 aliphatic carbocycles. The first kappa shape index (κ1) is 14.7. The number of nitrogens with zero attached hydrogens (tertiary/aromatic N) is 1. The zero-order valence-corrected chi connectivity index (χ0v) is 11.9. The van der Waals surface area contributed by atoms with Crippen LogP contribution in [-0.2, 0) is 30.8 Å². The van der Waals surface area contributed by atoms with Crippen molar-refractivity contribution in [2.75, 3.05) is 14.2 Å². The molecule has 0 aromatic carbocycles. The summed E-state index contributed by atoms with van der Waals surface area (Å²) in [6.45, 7) is 1.72. The molecule has 100 valence electrons. The van der Waals surface area contributed by atoms with Crippen LogP contribution in [0.15, 0.2) is 4.52 Å². The third-order valence-corrected chi connectivity index (χ3v) is 3.10. The second-order valence-corrected chi connectivity index (χ2v) is 4.16. The molecule has 0 fully saturated rings. The van der Waals surface area contributed by atoms with Crippen LogP contribution in [0.25, 0.3) is 0 Å². The van der Waals surface area contributed by atoms with Crippen LogP contribution in [0.2, 0.25) is 0 Å². The molecule has 0 aliphatic heterocycles. The van der Waals surface area contributed by atoms with Gasteiger partial charge in [-0.25, -0.2) is 0 Å². The monoisotopic (exact) mass is 319 g/mol. The highest BCUT2D eigenvalue weighted by Crippen LogP contribution is 2.21. The fourth-order valence-corrected chi connectivity index (χ4v) is 2.00. The molecule has 0 spiro atoms. The Labute approximate surface area is 113 Å². The van der Waals surface area contributed by atoms with Gasteiger partial charge >= 0.3 is 11.9 Å². The second-order valence-electron chi connectivity index (χ2n) is 3.60. The number of rotatable bonds is 5. The Morgan fingerprint density at radius 3 is 2.33 bits per heavy atom. The van der Waals surface area contributed by atoms with Gasteiger partial charge in [-0.05, 0) is 6.92 Å². The lowest BCUT2D eigenvalue weighted by atomic mass is 9.98. The van der Waals surface area contributed by atoms with Crippen molar-refractivity contribution >= 4 is 27.9 Å². The summed E-state index contributed by atoms with van der Waals surface area (Å²) in [6, 6.07) is 0. The van der Waals surface area contributed by atoms with E-state index in [0.717, 1.165) is 0 Å². The van der Waals surface area contributed by atoms with E-state index in [2.05, 4.69) is 30.6 Å². The van der Waals surface area contributed by atoms with Crippen molar-refractivity contribution in [2.45, 2.75) is 18.7 Å². The van der Waals surface area contributed by atoms with E-state index in [9.17, 15) is 9.59 Å².